The summed E-state index contributed by atoms with van der Waals surface area (Å²) >= 11 is 0. The summed E-state index contributed by atoms with van der Waals surface area (Å²) in [6, 6.07) is 12.8. The lowest BCUT2D eigenvalue weighted by Crippen LogP contribution is -2.36. The summed E-state index contributed by atoms with van der Waals surface area (Å²) in [4.78, 5) is 12.0. The third-order valence-corrected chi connectivity index (χ3v) is 6.49. The van der Waals surface area contributed by atoms with Gasteiger partial charge in [0.1, 0.15) is 17.0 Å². The summed E-state index contributed by atoms with van der Waals surface area (Å²) in [6.07, 6.45) is 4.63. The molecule has 0 atom stereocenters. The Morgan fingerprint density at radius 2 is 1.90 bits per heavy atom. The van der Waals surface area contributed by atoms with E-state index < -0.39 is 9.84 Å². The highest BCUT2D eigenvalue weighted by Crippen LogP contribution is 2.35. The molecule has 1 N–H and O–H groups in total. The number of anilines is 1. The summed E-state index contributed by atoms with van der Waals surface area (Å²) in [7, 11) is -3.33. The first-order valence-corrected chi connectivity index (χ1v) is 11.8. The Balaban J connectivity index is 1.78. The Morgan fingerprint density at radius 3 is 2.65 bits per heavy atom. The third-order valence-electron chi connectivity index (χ3n) is 5.38. The summed E-state index contributed by atoms with van der Waals surface area (Å²) in [5, 5.41) is 7.91. The minimum absolute atomic E-state index is 0.283. The first-order chi connectivity index (χ1) is 15.0. The summed E-state index contributed by atoms with van der Waals surface area (Å²) in [5.41, 5.74) is 3.92. The molecule has 1 aliphatic heterocycles. The molecule has 8 nitrogen and oxygen atoms in total. The molecule has 0 spiro atoms. The van der Waals surface area contributed by atoms with E-state index in [1.807, 2.05) is 24.3 Å². The number of ether oxygens (including phenoxy) is 1. The first kappa shape index (κ1) is 19.7. The molecule has 1 saturated heterocycles. The van der Waals surface area contributed by atoms with Crippen LogP contribution in [0.4, 0.5) is 5.82 Å². The number of benzene rings is 1. The number of nitrogens with zero attached hydrogens (tertiary/aromatic N) is 4. The highest BCUT2D eigenvalue weighted by Gasteiger charge is 2.19. The maximum absolute atomic E-state index is 12.1. The molecule has 4 heterocycles. The average Bonchev–Trinajstić information content (AvgIpc) is 3.33. The fourth-order valence-corrected chi connectivity index (χ4v) is 4.48. The van der Waals surface area contributed by atoms with E-state index in [0.29, 0.717) is 18.9 Å². The molecule has 1 aliphatic rings. The molecule has 158 valence electrons. The Kier molecular flexibility index (Phi) is 4.91. The van der Waals surface area contributed by atoms with Crippen molar-refractivity contribution in [3.8, 4) is 22.5 Å². The molecule has 31 heavy (non-hydrogen) atoms. The van der Waals surface area contributed by atoms with Crippen LogP contribution in [-0.2, 0) is 14.6 Å². The van der Waals surface area contributed by atoms with Gasteiger partial charge in [0, 0.05) is 37.1 Å². The predicted molar refractivity (Wildman–Crippen MR) is 119 cm³/mol. The number of pyridine rings is 2. The SMILES string of the molecule is CS(=O)(=O)c1cccc(-c2cc(N3CCOCC3)nc3c(-c4ccn[nH]4)nccc23)c1. The molecular weight excluding hydrogens is 414 g/mol. The van der Waals surface area contributed by atoms with Gasteiger partial charge in [0.15, 0.2) is 9.84 Å². The van der Waals surface area contributed by atoms with Gasteiger partial charge in [0.2, 0.25) is 0 Å². The van der Waals surface area contributed by atoms with Crippen molar-refractivity contribution in [3.05, 3.63) is 54.9 Å². The van der Waals surface area contributed by atoms with Crippen molar-refractivity contribution in [1.29, 1.82) is 0 Å². The molecule has 0 aliphatic carbocycles. The van der Waals surface area contributed by atoms with Gasteiger partial charge in [-0.15, -0.1) is 0 Å². The van der Waals surface area contributed by atoms with Crippen molar-refractivity contribution < 1.29 is 13.2 Å². The number of sulfone groups is 1. The highest BCUT2D eigenvalue weighted by atomic mass is 32.2. The number of aromatic amines is 1. The van der Waals surface area contributed by atoms with Crippen LogP contribution in [0.5, 0.6) is 0 Å². The zero-order chi connectivity index (χ0) is 21.4. The van der Waals surface area contributed by atoms with E-state index >= 15 is 0 Å². The summed E-state index contributed by atoms with van der Waals surface area (Å²) in [5.74, 6) is 0.810. The van der Waals surface area contributed by atoms with Crippen LogP contribution < -0.4 is 4.90 Å². The van der Waals surface area contributed by atoms with Gasteiger partial charge in [-0.1, -0.05) is 12.1 Å². The number of aromatic nitrogens is 4. The van der Waals surface area contributed by atoms with Crippen LogP contribution in [0.3, 0.4) is 0 Å². The van der Waals surface area contributed by atoms with Crippen molar-refractivity contribution in [2.45, 2.75) is 4.90 Å². The molecule has 0 radical (unpaired) electrons. The third kappa shape index (κ3) is 3.77. The van der Waals surface area contributed by atoms with Crippen molar-refractivity contribution >= 4 is 26.6 Å². The van der Waals surface area contributed by atoms with Gasteiger partial charge >= 0.3 is 0 Å². The molecular formula is C22H21N5O3S. The van der Waals surface area contributed by atoms with Gasteiger partial charge in [0.05, 0.1) is 23.8 Å². The Bertz CT molecular complexity index is 1350. The van der Waals surface area contributed by atoms with Crippen LogP contribution in [0.2, 0.25) is 0 Å². The molecule has 0 unspecified atom stereocenters. The van der Waals surface area contributed by atoms with Gasteiger partial charge in [-0.25, -0.2) is 13.4 Å². The molecule has 0 saturated carbocycles. The number of hydrogen-bond acceptors (Lipinski definition) is 7. The Hall–Kier alpha value is -3.30. The monoisotopic (exact) mass is 435 g/mol. The minimum atomic E-state index is -3.33. The molecule has 3 aromatic heterocycles. The van der Waals surface area contributed by atoms with Crippen LogP contribution in [0, 0.1) is 0 Å². The van der Waals surface area contributed by atoms with E-state index in [-0.39, 0.29) is 4.90 Å². The van der Waals surface area contributed by atoms with Gasteiger partial charge in [-0.2, -0.15) is 5.10 Å². The average molecular weight is 436 g/mol. The van der Waals surface area contributed by atoms with Crippen LogP contribution >= 0.6 is 0 Å². The molecule has 0 amide bonds. The summed E-state index contributed by atoms with van der Waals surface area (Å²) in [6.45, 7) is 2.75. The maximum Gasteiger partial charge on any atom is 0.175 e. The molecule has 9 heteroatoms. The Labute approximate surface area is 179 Å². The molecule has 4 aromatic rings. The van der Waals surface area contributed by atoms with Crippen LogP contribution in [0.25, 0.3) is 33.4 Å². The number of morpholine rings is 1. The fraction of sp³-hybridized carbons (Fsp3) is 0.227. The summed E-state index contributed by atoms with van der Waals surface area (Å²) < 4.78 is 29.8. The standard InChI is InChI=1S/C22H21N5O3S/c1-31(28,29)16-4-2-3-15(13-16)18-14-20(27-9-11-30-12-10-27)25-21-17(18)5-7-23-22(21)19-6-8-24-26-19/h2-8,13-14H,9-12H2,1H3,(H,24,26). The molecule has 1 aromatic carbocycles. The van der Waals surface area contributed by atoms with Crippen LogP contribution in [-0.4, -0.2) is 61.1 Å². The maximum atomic E-state index is 12.1. The first-order valence-electron chi connectivity index (χ1n) is 9.93. The van der Waals surface area contributed by atoms with E-state index in [1.165, 1.54) is 6.26 Å². The number of hydrogen-bond donors (Lipinski definition) is 1. The fourth-order valence-electron chi connectivity index (χ4n) is 3.81. The second-order valence-electron chi connectivity index (χ2n) is 7.45. The van der Waals surface area contributed by atoms with Crippen molar-refractivity contribution in [2.75, 3.05) is 37.5 Å². The second kappa shape index (κ2) is 7.75. The normalized spacial score (nSPS) is 14.8. The second-order valence-corrected chi connectivity index (χ2v) is 9.47. The minimum Gasteiger partial charge on any atom is -0.378 e. The lowest BCUT2D eigenvalue weighted by Gasteiger charge is -2.28. The molecule has 5 rings (SSSR count). The van der Waals surface area contributed by atoms with E-state index in [9.17, 15) is 8.42 Å². The van der Waals surface area contributed by atoms with Crippen molar-refractivity contribution in [2.24, 2.45) is 0 Å². The van der Waals surface area contributed by atoms with Gasteiger partial charge in [-0.05, 0) is 41.5 Å². The number of rotatable bonds is 4. The zero-order valence-corrected chi connectivity index (χ0v) is 17.8. The van der Waals surface area contributed by atoms with E-state index in [0.717, 1.165) is 46.6 Å². The quantitative estimate of drug-likeness (QED) is 0.526. The molecule has 0 bridgehead atoms. The largest absolute Gasteiger partial charge is 0.378 e. The van der Waals surface area contributed by atoms with Crippen molar-refractivity contribution in [1.82, 2.24) is 20.2 Å². The predicted octanol–water partition coefficient (Wildman–Crippen LogP) is 2.93. The Morgan fingerprint density at radius 1 is 1.06 bits per heavy atom. The van der Waals surface area contributed by atoms with E-state index in [1.54, 1.807) is 30.6 Å². The van der Waals surface area contributed by atoms with Crippen LogP contribution in [0.15, 0.2) is 59.8 Å². The van der Waals surface area contributed by atoms with Gasteiger partial charge in [-0.3, -0.25) is 10.1 Å². The van der Waals surface area contributed by atoms with Crippen molar-refractivity contribution in [3.63, 3.8) is 0 Å². The van der Waals surface area contributed by atoms with E-state index in [4.69, 9.17) is 9.72 Å². The topological polar surface area (TPSA) is 101 Å². The lowest BCUT2D eigenvalue weighted by atomic mass is 10.00. The van der Waals surface area contributed by atoms with Crippen LogP contribution in [0.1, 0.15) is 0 Å². The number of fused-ring (bicyclic) bond motifs is 1. The lowest BCUT2D eigenvalue weighted by molar-refractivity contribution is 0.122. The molecule has 1 fully saturated rings. The number of nitrogens with one attached hydrogen (secondary N) is 1. The zero-order valence-electron chi connectivity index (χ0n) is 16.9. The number of H-pyrrole nitrogens is 1. The highest BCUT2D eigenvalue weighted by molar-refractivity contribution is 7.90. The van der Waals surface area contributed by atoms with E-state index in [2.05, 4.69) is 20.1 Å². The van der Waals surface area contributed by atoms with Gasteiger partial charge in [0.25, 0.3) is 0 Å². The smallest absolute Gasteiger partial charge is 0.175 e. The van der Waals surface area contributed by atoms with Gasteiger partial charge < -0.3 is 9.64 Å².